The van der Waals surface area contributed by atoms with Crippen LogP contribution in [-0.2, 0) is 6.54 Å². The second kappa shape index (κ2) is 8.84. The van der Waals surface area contributed by atoms with E-state index < -0.39 is 17.2 Å². The molecule has 0 aliphatic rings. The van der Waals surface area contributed by atoms with Crippen LogP contribution in [0.2, 0.25) is 0 Å². The molecule has 0 bridgehead atoms. The number of aromatic hydroxyl groups is 1. The highest BCUT2D eigenvalue weighted by Crippen LogP contribution is 2.27. The first-order valence-electron chi connectivity index (χ1n) is 9.73. The monoisotopic (exact) mass is 417 g/mol. The summed E-state index contributed by atoms with van der Waals surface area (Å²) in [5.41, 5.74) is 2.71. The number of rotatable bonds is 6. The average molecular weight is 417 g/mol. The topological polar surface area (TPSA) is 105 Å². The Morgan fingerprint density at radius 2 is 1.90 bits per heavy atom. The van der Waals surface area contributed by atoms with Gasteiger partial charge in [-0.2, -0.15) is 5.26 Å². The van der Waals surface area contributed by atoms with E-state index in [2.05, 4.69) is 4.98 Å². The molecule has 7 heteroatoms. The van der Waals surface area contributed by atoms with Crippen LogP contribution in [0.15, 0.2) is 41.5 Å². The number of benzene rings is 1. The molecular formula is C24H23N3O4. The highest BCUT2D eigenvalue weighted by atomic mass is 16.5. The Morgan fingerprint density at radius 1 is 1.23 bits per heavy atom. The van der Waals surface area contributed by atoms with Gasteiger partial charge < -0.3 is 9.84 Å². The van der Waals surface area contributed by atoms with Crippen molar-refractivity contribution in [2.45, 2.75) is 34.2 Å². The van der Waals surface area contributed by atoms with Crippen molar-refractivity contribution in [1.82, 2.24) is 9.55 Å². The Labute approximate surface area is 180 Å². The number of carbonyl (C=O) groups is 1. The minimum absolute atomic E-state index is 0.0230. The van der Waals surface area contributed by atoms with E-state index in [1.807, 2.05) is 39.0 Å². The van der Waals surface area contributed by atoms with Crippen LogP contribution in [0.3, 0.4) is 0 Å². The molecule has 0 fully saturated rings. The number of pyridine rings is 2. The standard InChI is InChI=1S/C24H23N3O4/c1-14-8-15(2)22(16(3)9-14)31-13-20(28)21-17(4)19(10-25)23(29)27(24(21)30)12-18-6-5-7-26-11-18/h5-9,11,30H,12-13H2,1-4H3. The van der Waals surface area contributed by atoms with Crippen LogP contribution >= 0.6 is 0 Å². The summed E-state index contributed by atoms with van der Waals surface area (Å²) in [6.07, 6.45) is 3.13. The zero-order valence-electron chi connectivity index (χ0n) is 17.9. The van der Waals surface area contributed by atoms with Crippen molar-refractivity contribution in [1.29, 1.82) is 5.26 Å². The molecule has 0 radical (unpaired) electrons. The van der Waals surface area contributed by atoms with Crippen LogP contribution in [0.5, 0.6) is 11.6 Å². The SMILES string of the molecule is Cc1cc(C)c(OCC(=O)c2c(C)c(C#N)c(=O)n(Cc3cccnc3)c2O)c(C)c1. The number of Topliss-reactive ketones (excluding diaryl/α,β-unsaturated/α-hetero) is 1. The van der Waals surface area contributed by atoms with Gasteiger partial charge in [-0.25, -0.2) is 0 Å². The minimum atomic E-state index is -0.663. The minimum Gasteiger partial charge on any atom is -0.494 e. The molecule has 1 N–H and O–H groups in total. The van der Waals surface area contributed by atoms with E-state index in [-0.39, 0.29) is 29.8 Å². The predicted octanol–water partition coefficient (Wildman–Crippen LogP) is 3.36. The summed E-state index contributed by atoms with van der Waals surface area (Å²) in [7, 11) is 0. The van der Waals surface area contributed by atoms with E-state index in [0.717, 1.165) is 21.3 Å². The van der Waals surface area contributed by atoms with Crippen molar-refractivity contribution in [2.24, 2.45) is 0 Å². The van der Waals surface area contributed by atoms with Gasteiger partial charge in [-0.3, -0.25) is 19.1 Å². The summed E-state index contributed by atoms with van der Waals surface area (Å²) in [5.74, 6) is -0.414. The lowest BCUT2D eigenvalue weighted by Gasteiger charge is -2.17. The number of nitrogens with zero attached hydrogens (tertiary/aromatic N) is 3. The van der Waals surface area contributed by atoms with E-state index in [0.29, 0.717) is 11.3 Å². The van der Waals surface area contributed by atoms with E-state index in [1.54, 1.807) is 24.5 Å². The van der Waals surface area contributed by atoms with E-state index in [1.165, 1.54) is 6.92 Å². The summed E-state index contributed by atoms with van der Waals surface area (Å²) < 4.78 is 6.78. The Hall–Kier alpha value is -3.92. The van der Waals surface area contributed by atoms with Crippen LogP contribution in [0, 0.1) is 39.0 Å². The Bertz CT molecular complexity index is 1230. The first kappa shape index (κ1) is 21.8. The first-order valence-corrected chi connectivity index (χ1v) is 9.73. The summed E-state index contributed by atoms with van der Waals surface area (Å²) in [6, 6.07) is 9.20. The van der Waals surface area contributed by atoms with Crippen LogP contribution in [0.25, 0.3) is 0 Å². The number of carbonyl (C=O) groups excluding carboxylic acids is 1. The molecule has 158 valence electrons. The fraction of sp³-hybridized carbons (Fsp3) is 0.250. The molecule has 2 heterocycles. The fourth-order valence-electron chi connectivity index (χ4n) is 3.71. The molecule has 7 nitrogen and oxygen atoms in total. The molecule has 2 aromatic heterocycles. The van der Waals surface area contributed by atoms with Gasteiger partial charge in [0.2, 0.25) is 11.7 Å². The maximum atomic E-state index is 13.0. The number of nitriles is 1. The van der Waals surface area contributed by atoms with Gasteiger partial charge in [-0.05, 0) is 56.0 Å². The third-order valence-corrected chi connectivity index (χ3v) is 5.09. The summed E-state index contributed by atoms with van der Waals surface area (Å²) in [4.78, 5) is 29.7. The fourth-order valence-corrected chi connectivity index (χ4v) is 3.71. The van der Waals surface area contributed by atoms with Crippen LogP contribution in [0.4, 0.5) is 0 Å². The van der Waals surface area contributed by atoms with Gasteiger partial charge in [0.05, 0.1) is 12.1 Å². The van der Waals surface area contributed by atoms with Crippen LogP contribution < -0.4 is 10.3 Å². The van der Waals surface area contributed by atoms with Gasteiger partial charge in [0, 0.05) is 12.4 Å². The molecule has 1 aromatic carbocycles. The highest BCUT2D eigenvalue weighted by Gasteiger charge is 2.24. The van der Waals surface area contributed by atoms with Crippen molar-refractivity contribution in [3.05, 3.63) is 86.0 Å². The number of ketones is 1. The molecule has 0 saturated carbocycles. The summed E-state index contributed by atoms with van der Waals surface area (Å²) >= 11 is 0. The molecule has 31 heavy (non-hydrogen) atoms. The molecule has 0 aliphatic heterocycles. The lowest BCUT2D eigenvalue weighted by atomic mass is 10.0. The number of hydrogen-bond donors (Lipinski definition) is 1. The second-order valence-corrected chi connectivity index (χ2v) is 7.50. The Morgan fingerprint density at radius 3 is 2.48 bits per heavy atom. The smallest absolute Gasteiger partial charge is 0.271 e. The highest BCUT2D eigenvalue weighted by molar-refractivity contribution is 6.01. The van der Waals surface area contributed by atoms with Crippen molar-refractivity contribution in [3.8, 4) is 17.7 Å². The molecule has 0 saturated heterocycles. The molecule has 3 aromatic rings. The Balaban J connectivity index is 2.00. The van der Waals surface area contributed by atoms with E-state index in [4.69, 9.17) is 4.74 Å². The maximum absolute atomic E-state index is 13.0. The van der Waals surface area contributed by atoms with E-state index >= 15 is 0 Å². The van der Waals surface area contributed by atoms with Gasteiger partial charge in [0.25, 0.3) is 5.56 Å². The molecular weight excluding hydrogens is 394 g/mol. The quantitative estimate of drug-likeness (QED) is 0.617. The van der Waals surface area contributed by atoms with Gasteiger partial charge in [-0.15, -0.1) is 0 Å². The first-order chi connectivity index (χ1) is 14.7. The van der Waals surface area contributed by atoms with Crippen LogP contribution in [-0.4, -0.2) is 27.0 Å². The molecule has 3 rings (SSSR count). The molecule has 0 spiro atoms. The van der Waals surface area contributed by atoms with Crippen molar-refractivity contribution >= 4 is 5.78 Å². The Kier molecular flexibility index (Phi) is 6.21. The number of aryl methyl sites for hydroxylation is 3. The zero-order valence-corrected chi connectivity index (χ0v) is 17.9. The third kappa shape index (κ3) is 4.33. The van der Waals surface area contributed by atoms with E-state index in [9.17, 15) is 20.0 Å². The number of aromatic nitrogens is 2. The number of ether oxygens (including phenoxy) is 1. The lowest BCUT2D eigenvalue weighted by Crippen LogP contribution is -2.28. The van der Waals surface area contributed by atoms with Crippen molar-refractivity contribution in [3.63, 3.8) is 0 Å². The summed E-state index contributed by atoms with van der Waals surface area (Å²) in [5, 5.41) is 20.3. The van der Waals surface area contributed by atoms with Gasteiger partial charge in [-0.1, -0.05) is 23.8 Å². The predicted molar refractivity (Wildman–Crippen MR) is 116 cm³/mol. The van der Waals surface area contributed by atoms with Gasteiger partial charge in [0.1, 0.15) is 17.4 Å². The zero-order chi connectivity index (χ0) is 22.7. The van der Waals surface area contributed by atoms with Crippen molar-refractivity contribution in [2.75, 3.05) is 6.61 Å². The maximum Gasteiger partial charge on any atom is 0.271 e. The largest absolute Gasteiger partial charge is 0.494 e. The number of hydrogen-bond acceptors (Lipinski definition) is 6. The summed E-state index contributed by atoms with van der Waals surface area (Å²) in [6.45, 7) is 6.88. The average Bonchev–Trinajstić information content (AvgIpc) is 2.71. The third-order valence-electron chi connectivity index (χ3n) is 5.09. The lowest BCUT2D eigenvalue weighted by molar-refractivity contribution is 0.0915. The van der Waals surface area contributed by atoms with Crippen LogP contribution in [0.1, 0.15) is 43.7 Å². The van der Waals surface area contributed by atoms with Crippen molar-refractivity contribution < 1.29 is 14.6 Å². The van der Waals surface area contributed by atoms with Gasteiger partial charge in [0.15, 0.2) is 6.61 Å². The molecule has 0 unspecified atom stereocenters. The van der Waals surface area contributed by atoms with Gasteiger partial charge >= 0.3 is 0 Å². The normalized spacial score (nSPS) is 10.5. The molecule has 0 amide bonds. The molecule has 0 atom stereocenters. The second-order valence-electron chi connectivity index (χ2n) is 7.50. The molecule has 0 aliphatic carbocycles.